The van der Waals surface area contributed by atoms with Gasteiger partial charge in [0.2, 0.25) is 0 Å². The van der Waals surface area contributed by atoms with Crippen LogP contribution in [-0.2, 0) is 14.3 Å². The normalized spacial score (nSPS) is 21.2. The van der Waals surface area contributed by atoms with Gasteiger partial charge in [-0.1, -0.05) is 63.5 Å². The van der Waals surface area contributed by atoms with Crippen LogP contribution in [0.5, 0.6) is 0 Å². The first-order valence-corrected chi connectivity index (χ1v) is 10.6. The van der Waals surface area contributed by atoms with Crippen molar-refractivity contribution in [1.29, 1.82) is 0 Å². The van der Waals surface area contributed by atoms with E-state index in [4.69, 9.17) is 0 Å². The Morgan fingerprint density at radius 1 is 1.08 bits per heavy atom. The van der Waals surface area contributed by atoms with Gasteiger partial charge in [-0.3, -0.25) is 9.59 Å². The van der Waals surface area contributed by atoms with E-state index in [2.05, 4.69) is 17.7 Å². The molecule has 0 radical (unpaired) electrons. The summed E-state index contributed by atoms with van der Waals surface area (Å²) in [5, 5.41) is 9.52. The number of methoxy groups -OCH3 is 1. The van der Waals surface area contributed by atoms with Gasteiger partial charge >= 0.3 is 11.9 Å². The first kappa shape index (κ1) is 22.7. The van der Waals surface area contributed by atoms with Crippen LogP contribution in [0.2, 0.25) is 0 Å². The number of unbranched alkanes of at least 4 members (excludes halogenated alkanes) is 8. The number of carboxylic acid groups (broad SMARTS) is 1. The second kappa shape index (κ2) is 13.8. The van der Waals surface area contributed by atoms with Crippen molar-refractivity contribution in [3.8, 4) is 0 Å². The first-order chi connectivity index (χ1) is 12.6. The zero-order valence-electron chi connectivity index (χ0n) is 16.8. The molecule has 1 fully saturated rings. The molecule has 26 heavy (non-hydrogen) atoms. The summed E-state index contributed by atoms with van der Waals surface area (Å²) in [6, 6.07) is 0. The lowest BCUT2D eigenvalue weighted by molar-refractivity contribution is -0.143. The predicted molar refractivity (Wildman–Crippen MR) is 105 cm³/mol. The largest absolute Gasteiger partial charge is 0.481 e. The van der Waals surface area contributed by atoms with Crippen LogP contribution in [0.1, 0.15) is 96.8 Å². The fourth-order valence-electron chi connectivity index (χ4n) is 4.03. The van der Waals surface area contributed by atoms with Gasteiger partial charge in [-0.25, -0.2) is 0 Å². The fourth-order valence-corrected chi connectivity index (χ4v) is 4.03. The Kier molecular flexibility index (Phi) is 12.1. The number of esters is 1. The van der Waals surface area contributed by atoms with Crippen molar-refractivity contribution in [1.82, 2.24) is 0 Å². The molecule has 1 aliphatic rings. The lowest BCUT2D eigenvalue weighted by Crippen LogP contribution is -2.19. The van der Waals surface area contributed by atoms with Crippen molar-refractivity contribution in [3.05, 3.63) is 11.6 Å². The van der Waals surface area contributed by atoms with Gasteiger partial charge in [-0.2, -0.15) is 0 Å². The highest BCUT2D eigenvalue weighted by atomic mass is 16.5. The number of hydrogen-bond acceptors (Lipinski definition) is 3. The van der Waals surface area contributed by atoms with E-state index in [1.54, 1.807) is 0 Å². The van der Waals surface area contributed by atoms with Crippen molar-refractivity contribution < 1.29 is 19.4 Å². The lowest BCUT2D eigenvalue weighted by atomic mass is 9.87. The molecule has 0 heterocycles. The molecule has 0 spiro atoms. The van der Waals surface area contributed by atoms with E-state index in [1.807, 2.05) is 0 Å². The molecule has 0 bridgehead atoms. The minimum Gasteiger partial charge on any atom is -0.481 e. The van der Waals surface area contributed by atoms with E-state index < -0.39 is 5.97 Å². The summed E-state index contributed by atoms with van der Waals surface area (Å²) in [5.74, 6) is -0.747. The Labute approximate surface area is 159 Å². The van der Waals surface area contributed by atoms with Crippen molar-refractivity contribution in [3.63, 3.8) is 0 Å². The third-order valence-corrected chi connectivity index (χ3v) is 5.61. The van der Waals surface area contributed by atoms with Gasteiger partial charge in [0.15, 0.2) is 0 Å². The first-order valence-electron chi connectivity index (χ1n) is 10.6. The van der Waals surface area contributed by atoms with Crippen LogP contribution in [0.4, 0.5) is 0 Å². The molecule has 0 aromatic rings. The molecule has 150 valence electrons. The zero-order chi connectivity index (χ0) is 19.2. The van der Waals surface area contributed by atoms with Gasteiger partial charge in [-0.15, -0.1) is 0 Å². The lowest BCUT2D eigenvalue weighted by Gasteiger charge is -2.17. The number of carbonyl (C=O) groups excluding carboxylic acids is 1. The predicted octanol–water partition coefficient (Wildman–Crippen LogP) is 5.90. The minimum absolute atomic E-state index is 0.143. The van der Waals surface area contributed by atoms with Gasteiger partial charge < -0.3 is 9.84 Å². The maximum atomic E-state index is 11.6. The van der Waals surface area contributed by atoms with Crippen LogP contribution in [0.3, 0.4) is 0 Å². The SMILES string of the molecule is CCCCCCCC=C1CC[C@H](C(=O)O)[C@@H]1CCCCCCC(=O)OC. The molecule has 1 saturated carbocycles. The van der Waals surface area contributed by atoms with Crippen LogP contribution in [0.15, 0.2) is 11.6 Å². The molecule has 1 rings (SSSR count). The average molecular weight is 367 g/mol. The molecule has 1 N–H and O–H groups in total. The van der Waals surface area contributed by atoms with Crippen molar-refractivity contribution in [2.45, 2.75) is 96.8 Å². The standard InChI is InChI=1S/C22H38O4/c1-3-4-5-6-7-10-13-18-16-17-20(22(24)25)19(18)14-11-8-9-12-15-21(23)26-2/h13,19-20H,3-12,14-17H2,1-2H3,(H,24,25)/t19-,20+/m1/s1. The quantitative estimate of drug-likeness (QED) is 0.236. The molecule has 0 saturated heterocycles. The third kappa shape index (κ3) is 8.86. The molecule has 2 atom stereocenters. The Bertz CT molecular complexity index is 441. The summed E-state index contributed by atoms with van der Waals surface area (Å²) >= 11 is 0. The van der Waals surface area contributed by atoms with Gasteiger partial charge in [-0.05, 0) is 44.4 Å². The van der Waals surface area contributed by atoms with Crippen molar-refractivity contribution in [2.75, 3.05) is 7.11 Å². The number of ether oxygens (including phenoxy) is 1. The van der Waals surface area contributed by atoms with Crippen molar-refractivity contribution >= 4 is 11.9 Å². The number of allylic oxidation sites excluding steroid dienone is 2. The molecule has 4 nitrogen and oxygen atoms in total. The molecule has 0 amide bonds. The molecular weight excluding hydrogens is 328 g/mol. The van der Waals surface area contributed by atoms with E-state index in [9.17, 15) is 14.7 Å². The maximum Gasteiger partial charge on any atom is 0.307 e. The highest BCUT2D eigenvalue weighted by Gasteiger charge is 2.35. The molecule has 0 aromatic carbocycles. The van der Waals surface area contributed by atoms with Gasteiger partial charge in [0, 0.05) is 6.42 Å². The van der Waals surface area contributed by atoms with Crippen LogP contribution in [0.25, 0.3) is 0 Å². The highest BCUT2D eigenvalue weighted by Crippen LogP contribution is 2.40. The summed E-state index contributed by atoms with van der Waals surface area (Å²) in [6.45, 7) is 2.23. The molecule has 4 heteroatoms. The van der Waals surface area contributed by atoms with Crippen LogP contribution in [0, 0.1) is 11.8 Å². The second-order valence-electron chi connectivity index (χ2n) is 7.60. The maximum absolute atomic E-state index is 11.6. The summed E-state index contributed by atoms with van der Waals surface area (Å²) in [5.41, 5.74) is 1.39. The van der Waals surface area contributed by atoms with Gasteiger partial charge in [0.05, 0.1) is 13.0 Å². The molecule has 1 aliphatic carbocycles. The Morgan fingerprint density at radius 2 is 1.77 bits per heavy atom. The van der Waals surface area contributed by atoms with E-state index in [0.717, 1.165) is 51.4 Å². The van der Waals surface area contributed by atoms with E-state index >= 15 is 0 Å². The van der Waals surface area contributed by atoms with E-state index in [-0.39, 0.29) is 17.8 Å². The number of carboxylic acids is 1. The van der Waals surface area contributed by atoms with Crippen LogP contribution in [-0.4, -0.2) is 24.2 Å². The summed E-state index contributed by atoms with van der Waals surface area (Å²) < 4.78 is 4.65. The summed E-state index contributed by atoms with van der Waals surface area (Å²) in [7, 11) is 1.42. The number of rotatable bonds is 14. The van der Waals surface area contributed by atoms with Crippen LogP contribution >= 0.6 is 0 Å². The topological polar surface area (TPSA) is 63.6 Å². The number of aliphatic carboxylic acids is 1. The zero-order valence-corrected chi connectivity index (χ0v) is 16.8. The van der Waals surface area contributed by atoms with E-state index in [0.29, 0.717) is 6.42 Å². The Hall–Kier alpha value is -1.32. The summed E-state index contributed by atoms with van der Waals surface area (Å²) in [6.07, 6.45) is 17.0. The van der Waals surface area contributed by atoms with Gasteiger partial charge in [0.1, 0.15) is 0 Å². The van der Waals surface area contributed by atoms with E-state index in [1.165, 1.54) is 44.8 Å². The number of carbonyl (C=O) groups is 2. The van der Waals surface area contributed by atoms with Crippen LogP contribution < -0.4 is 0 Å². The summed E-state index contributed by atoms with van der Waals surface area (Å²) in [4.78, 5) is 22.7. The molecule has 0 aliphatic heterocycles. The number of hydrogen-bond donors (Lipinski definition) is 1. The molecule has 0 aromatic heterocycles. The Morgan fingerprint density at radius 3 is 2.46 bits per heavy atom. The molecular formula is C22H38O4. The fraction of sp³-hybridized carbons (Fsp3) is 0.818. The molecule has 0 unspecified atom stereocenters. The third-order valence-electron chi connectivity index (χ3n) is 5.61. The second-order valence-corrected chi connectivity index (χ2v) is 7.60. The average Bonchev–Trinajstić information content (AvgIpc) is 3.03. The smallest absolute Gasteiger partial charge is 0.307 e. The minimum atomic E-state index is -0.632. The Balaban J connectivity index is 2.35. The monoisotopic (exact) mass is 366 g/mol. The van der Waals surface area contributed by atoms with Crippen molar-refractivity contribution in [2.24, 2.45) is 11.8 Å². The van der Waals surface area contributed by atoms with Gasteiger partial charge in [0.25, 0.3) is 0 Å². The highest BCUT2D eigenvalue weighted by molar-refractivity contribution is 5.71.